The van der Waals surface area contributed by atoms with Crippen molar-refractivity contribution in [2.24, 2.45) is 0 Å². The fourth-order valence-corrected chi connectivity index (χ4v) is 10.6. The van der Waals surface area contributed by atoms with E-state index in [0.717, 1.165) is 25.7 Å². The van der Waals surface area contributed by atoms with Gasteiger partial charge in [0.2, 0.25) is 0 Å². The van der Waals surface area contributed by atoms with Gasteiger partial charge in [0.1, 0.15) is 0 Å². The second kappa shape index (κ2) is 12.5. The number of hydrogen-bond acceptors (Lipinski definition) is 3. The molecule has 2 aliphatic carbocycles. The normalized spacial score (nSPS) is 15.9. The fourth-order valence-electron chi connectivity index (χ4n) is 9.52. The number of aryl methyl sites for hydroxylation is 2. The van der Waals surface area contributed by atoms with Crippen LogP contribution in [0.3, 0.4) is 0 Å². The molecule has 258 valence electrons. The molecule has 0 fully saturated rings. The summed E-state index contributed by atoms with van der Waals surface area (Å²) in [5.41, 5.74) is 13.1. The fraction of sp³-hybridized carbons (Fsp3) is 0.0980. The van der Waals surface area contributed by atoms with Gasteiger partial charge in [0, 0.05) is 59.4 Å². The van der Waals surface area contributed by atoms with Crippen molar-refractivity contribution in [2.45, 2.75) is 31.1 Å². The van der Waals surface area contributed by atoms with Crippen LogP contribution in [0.15, 0.2) is 182 Å². The Labute approximate surface area is 320 Å². The van der Waals surface area contributed by atoms with Crippen LogP contribution in [0.2, 0.25) is 0 Å². The molecule has 0 amide bonds. The van der Waals surface area contributed by atoms with Crippen molar-refractivity contribution in [1.82, 2.24) is 0 Å². The van der Waals surface area contributed by atoms with Crippen LogP contribution in [0.25, 0.3) is 30.9 Å². The Morgan fingerprint density at radius 1 is 0.389 bits per heavy atom. The molecule has 9 aromatic rings. The lowest BCUT2D eigenvalue weighted by Crippen LogP contribution is -2.22. The van der Waals surface area contributed by atoms with E-state index in [2.05, 4.69) is 192 Å². The summed E-state index contributed by atoms with van der Waals surface area (Å²) in [6.07, 6.45) is 4.48. The van der Waals surface area contributed by atoms with Crippen LogP contribution < -0.4 is 9.80 Å². The lowest BCUT2D eigenvalue weighted by atomic mass is 9.76. The van der Waals surface area contributed by atoms with E-state index in [1.807, 2.05) is 11.3 Å². The SMILES string of the molecule is c1ccc(N(c2ccc3c(c2)[C@@]2(CC3)CCc3ccc(N(c4ccccc4)c4cccc5ccccc45)cc32)c2ccc3sc4ccccc4c3c2)cc1. The minimum absolute atomic E-state index is 0.0202. The van der Waals surface area contributed by atoms with Crippen LogP contribution in [0.5, 0.6) is 0 Å². The molecule has 0 bridgehead atoms. The number of nitrogens with zero attached hydrogens (tertiary/aromatic N) is 2. The van der Waals surface area contributed by atoms with Gasteiger partial charge in [-0.25, -0.2) is 0 Å². The number of fused-ring (bicyclic) bond motifs is 8. The highest BCUT2D eigenvalue weighted by atomic mass is 32.1. The Hall–Kier alpha value is -6.16. The van der Waals surface area contributed by atoms with Crippen molar-refractivity contribution >= 4 is 76.4 Å². The summed E-state index contributed by atoms with van der Waals surface area (Å²) in [6.45, 7) is 0. The van der Waals surface area contributed by atoms with Gasteiger partial charge in [0.25, 0.3) is 0 Å². The van der Waals surface area contributed by atoms with Crippen LogP contribution in [0.4, 0.5) is 34.1 Å². The molecule has 0 radical (unpaired) electrons. The monoisotopic (exact) mass is 710 g/mol. The van der Waals surface area contributed by atoms with Crippen molar-refractivity contribution in [3.8, 4) is 0 Å². The molecule has 0 unspecified atom stereocenters. The summed E-state index contributed by atoms with van der Waals surface area (Å²) < 4.78 is 2.66. The van der Waals surface area contributed by atoms with E-state index in [9.17, 15) is 0 Å². The van der Waals surface area contributed by atoms with E-state index in [0.29, 0.717) is 0 Å². The highest BCUT2D eigenvalue weighted by Gasteiger charge is 2.45. The molecule has 2 nitrogen and oxygen atoms in total. The average Bonchev–Trinajstić information content (AvgIpc) is 3.92. The molecule has 8 aromatic carbocycles. The Kier molecular flexibility index (Phi) is 7.25. The van der Waals surface area contributed by atoms with Gasteiger partial charge in [-0.2, -0.15) is 0 Å². The molecule has 2 aliphatic rings. The summed E-state index contributed by atoms with van der Waals surface area (Å²) in [7, 11) is 0. The number of anilines is 6. The second-order valence-electron chi connectivity index (χ2n) is 14.9. The lowest BCUT2D eigenvalue weighted by molar-refractivity contribution is 0.507. The van der Waals surface area contributed by atoms with Crippen molar-refractivity contribution in [2.75, 3.05) is 9.80 Å². The van der Waals surface area contributed by atoms with E-state index >= 15 is 0 Å². The summed E-state index contributed by atoms with van der Waals surface area (Å²) in [5, 5.41) is 5.15. The zero-order valence-corrected chi connectivity index (χ0v) is 30.8. The van der Waals surface area contributed by atoms with Gasteiger partial charge in [0.15, 0.2) is 0 Å². The van der Waals surface area contributed by atoms with Gasteiger partial charge in [-0.15, -0.1) is 11.3 Å². The largest absolute Gasteiger partial charge is 0.310 e. The summed E-state index contributed by atoms with van der Waals surface area (Å²) >= 11 is 1.87. The third-order valence-corrected chi connectivity index (χ3v) is 13.2. The maximum absolute atomic E-state index is 2.53. The molecule has 0 saturated carbocycles. The summed E-state index contributed by atoms with van der Waals surface area (Å²) in [5.74, 6) is 0. The smallest absolute Gasteiger partial charge is 0.0540 e. The Bertz CT molecular complexity index is 2850. The highest BCUT2D eigenvalue weighted by Crippen LogP contribution is 2.55. The Morgan fingerprint density at radius 2 is 0.926 bits per heavy atom. The molecule has 1 heterocycles. The lowest BCUT2D eigenvalue weighted by Gasteiger charge is -2.32. The first-order chi connectivity index (χ1) is 26.7. The number of benzene rings is 8. The van der Waals surface area contributed by atoms with Gasteiger partial charge in [-0.3, -0.25) is 0 Å². The Balaban J connectivity index is 1.06. The van der Waals surface area contributed by atoms with Crippen LogP contribution in [0, 0.1) is 0 Å². The predicted octanol–water partition coefficient (Wildman–Crippen LogP) is 14.3. The first-order valence-corrected chi connectivity index (χ1v) is 19.9. The van der Waals surface area contributed by atoms with Crippen LogP contribution in [-0.4, -0.2) is 0 Å². The average molecular weight is 711 g/mol. The quantitative estimate of drug-likeness (QED) is 0.169. The Morgan fingerprint density at radius 3 is 1.65 bits per heavy atom. The summed E-state index contributed by atoms with van der Waals surface area (Å²) in [6, 6.07) is 67.6. The molecule has 11 rings (SSSR count). The maximum Gasteiger partial charge on any atom is 0.0540 e. The molecule has 1 spiro atoms. The number of rotatable bonds is 6. The maximum atomic E-state index is 2.53. The van der Waals surface area contributed by atoms with Gasteiger partial charge in [-0.1, -0.05) is 103 Å². The first kappa shape index (κ1) is 31.4. The molecular weight excluding hydrogens is 673 g/mol. The van der Waals surface area contributed by atoms with Crippen molar-refractivity contribution in [3.63, 3.8) is 0 Å². The standard InChI is InChI=1S/C51H38N2S/c1-3-14-38(15-4-1)52(40-26-27-50-45(32-40)44-19-9-10-21-49(44)54-50)41-24-22-36-28-30-51(46(36)33-41)31-29-37-23-25-42(34-47(37)51)53(39-16-5-2-6-17-39)48-20-11-13-35-12-7-8-18-43(35)48/h1-27,32-34H,28-31H2/t51-/m1/s1. The molecule has 54 heavy (non-hydrogen) atoms. The van der Waals surface area contributed by atoms with Crippen molar-refractivity contribution < 1.29 is 0 Å². The van der Waals surface area contributed by atoms with Gasteiger partial charge in [-0.05, 0) is 132 Å². The van der Waals surface area contributed by atoms with Crippen LogP contribution in [-0.2, 0) is 18.3 Å². The zero-order chi connectivity index (χ0) is 35.6. The molecule has 0 saturated heterocycles. The molecule has 0 aliphatic heterocycles. The minimum atomic E-state index is -0.0202. The summed E-state index contributed by atoms with van der Waals surface area (Å²) in [4.78, 5) is 4.92. The van der Waals surface area contributed by atoms with E-state index < -0.39 is 0 Å². The van der Waals surface area contributed by atoms with Gasteiger partial charge >= 0.3 is 0 Å². The van der Waals surface area contributed by atoms with Gasteiger partial charge < -0.3 is 9.80 Å². The van der Waals surface area contributed by atoms with E-state index in [1.54, 1.807) is 0 Å². The van der Waals surface area contributed by atoms with E-state index in [-0.39, 0.29) is 5.41 Å². The molecule has 3 heteroatoms. The molecule has 1 aromatic heterocycles. The van der Waals surface area contributed by atoms with E-state index in [4.69, 9.17) is 0 Å². The highest BCUT2D eigenvalue weighted by molar-refractivity contribution is 7.25. The zero-order valence-electron chi connectivity index (χ0n) is 30.0. The second-order valence-corrected chi connectivity index (χ2v) is 16.0. The number of para-hydroxylation sites is 2. The van der Waals surface area contributed by atoms with E-state index in [1.165, 1.54) is 87.3 Å². The third-order valence-electron chi connectivity index (χ3n) is 12.0. The molecule has 0 N–H and O–H groups in total. The van der Waals surface area contributed by atoms with Crippen molar-refractivity contribution in [1.29, 1.82) is 0 Å². The predicted molar refractivity (Wildman–Crippen MR) is 230 cm³/mol. The molecular formula is C51H38N2S. The topological polar surface area (TPSA) is 6.48 Å². The number of thiophene rings is 1. The molecule has 1 atom stereocenters. The minimum Gasteiger partial charge on any atom is -0.310 e. The first-order valence-electron chi connectivity index (χ1n) is 19.1. The van der Waals surface area contributed by atoms with Crippen LogP contribution in [0.1, 0.15) is 35.1 Å². The van der Waals surface area contributed by atoms with Crippen LogP contribution >= 0.6 is 11.3 Å². The third kappa shape index (κ3) is 4.92. The number of hydrogen-bond donors (Lipinski definition) is 0. The van der Waals surface area contributed by atoms with Gasteiger partial charge in [0.05, 0.1) is 5.69 Å². The van der Waals surface area contributed by atoms with Crippen molar-refractivity contribution in [3.05, 3.63) is 204 Å².